The number of nitrogens with one attached hydrogen (secondary N) is 1. The summed E-state index contributed by atoms with van der Waals surface area (Å²) in [5.74, 6) is 1.43. The summed E-state index contributed by atoms with van der Waals surface area (Å²) < 4.78 is 10.4. The van der Waals surface area contributed by atoms with Gasteiger partial charge in [-0.1, -0.05) is 0 Å². The fraction of sp³-hybridized carbons (Fsp3) is 0.412. The van der Waals surface area contributed by atoms with Gasteiger partial charge in [0.2, 0.25) is 11.8 Å². The van der Waals surface area contributed by atoms with Gasteiger partial charge in [-0.15, -0.1) is 0 Å². The van der Waals surface area contributed by atoms with Gasteiger partial charge in [0, 0.05) is 39.4 Å². The third-order valence-corrected chi connectivity index (χ3v) is 3.93. The van der Waals surface area contributed by atoms with E-state index >= 15 is 0 Å². The molecule has 0 spiro atoms. The van der Waals surface area contributed by atoms with Crippen LogP contribution in [0.25, 0.3) is 0 Å². The zero-order valence-electron chi connectivity index (χ0n) is 15.1. The topological polar surface area (TPSA) is 92.7 Å². The number of pyridine rings is 1. The Hall–Kier alpha value is -2.94. The normalized spacial score (nSPS) is 14.0. The van der Waals surface area contributed by atoms with Gasteiger partial charge >= 0.3 is 0 Å². The van der Waals surface area contributed by atoms with Gasteiger partial charge in [-0.3, -0.25) is 4.79 Å². The zero-order chi connectivity index (χ0) is 18.5. The van der Waals surface area contributed by atoms with Crippen molar-refractivity contribution in [3.8, 4) is 5.88 Å². The molecule has 9 nitrogen and oxygen atoms in total. The van der Waals surface area contributed by atoms with E-state index in [1.54, 1.807) is 18.3 Å². The molecule has 0 aromatic carbocycles. The molecule has 1 aliphatic heterocycles. The van der Waals surface area contributed by atoms with Crippen LogP contribution < -0.4 is 19.9 Å². The highest BCUT2D eigenvalue weighted by atomic mass is 16.5. The quantitative estimate of drug-likeness (QED) is 0.847. The zero-order valence-corrected chi connectivity index (χ0v) is 15.1. The van der Waals surface area contributed by atoms with E-state index in [0.29, 0.717) is 42.1 Å². The number of anilines is 3. The largest absolute Gasteiger partial charge is 0.481 e. The van der Waals surface area contributed by atoms with Gasteiger partial charge in [-0.25, -0.2) is 9.97 Å². The molecule has 3 rings (SSSR count). The molecule has 0 atom stereocenters. The summed E-state index contributed by atoms with van der Waals surface area (Å²) in [4.78, 5) is 29.4. The number of hydrogen-bond donors (Lipinski definition) is 1. The number of carbonyl (C=O) groups excluding carboxylic acids is 1. The van der Waals surface area contributed by atoms with Gasteiger partial charge in [0.15, 0.2) is 5.82 Å². The summed E-state index contributed by atoms with van der Waals surface area (Å²) in [5, 5.41) is 2.85. The van der Waals surface area contributed by atoms with E-state index in [1.807, 2.05) is 19.0 Å². The highest BCUT2D eigenvalue weighted by Crippen LogP contribution is 2.24. The Labute approximate surface area is 152 Å². The molecular formula is C17H22N6O3. The Morgan fingerprint density at radius 3 is 2.62 bits per heavy atom. The molecule has 1 fully saturated rings. The summed E-state index contributed by atoms with van der Waals surface area (Å²) >= 11 is 0. The number of aromatic nitrogens is 3. The van der Waals surface area contributed by atoms with Gasteiger partial charge in [-0.05, 0) is 6.07 Å². The van der Waals surface area contributed by atoms with Crippen LogP contribution in [0.4, 0.5) is 17.5 Å². The third kappa shape index (κ3) is 3.99. The van der Waals surface area contributed by atoms with E-state index in [2.05, 4.69) is 25.2 Å². The summed E-state index contributed by atoms with van der Waals surface area (Å²) in [6.07, 6.45) is 3.09. The van der Waals surface area contributed by atoms with Crippen LogP contribution in [0.15, 0.2) is 24.5 Å². The first-order valence-corrected chi connectivity index (χ1v) is 8.27. The molecule has 26 heavy (non-hydrogen) atoms. The standard InChI is InChI=1S/C17H22N6O3/c1-22(2)15-13(11-19-17(21-15)23-6-8-26-9-7-23)20-16(24)12-4-5-14(25-3)18-10-12/h4-5,10-11H,6-9H2,1-3H3,(H,20,24). The second kappa shape index (κ2) is 7.96. The van der Waals surface area contributed by atoms with Gasteiger partial charge in [0.25, 0.3) is 5.91 Å². The third-order valence-electron chi connectivity index (χ3n) is 3.93. The van der Waals surface area contributed by atoms with E-state index in [9.17, 15) is 4.79 Å². The minimum atomic E-state index is -0.286. The Morgan fingerprint density at radius 2 is 2.00 bits per heavy atom. The monoisotopic (exact) mass is 358 g/mol. The minimum Gasteiger partial charge on any atom is -0.481 e. The van der Waals surface area contributed by atoms with E-state index < -0.39 is 0 Å². The average molecular weight is 358 g/mol. The number of carbonyl (C=O) groups is 1. The van der Waals surface area contributed by atoms with Crippen molar-refractivity contribution in [2.75, 3.05) is 62.6 Å². The lowest BCUT2D eigenvalue weighted by Gasteiger charge is -2.28. The van der Waals surface area contributed by atoms with E-state index in [1.165, 1.54) is 13.3 Å². The maximum atomic E-state index is 12.5. The van der Waals surface area contributed by atoms with Gasteiger partial charge < -0.3 is 24.6 Å². The van der Waals surface area contributed by atoms with Gasteiger partial charge in [0.1, 0.15) is 5.69 Å². The Kier molecular flexibility index (Phi) is 5.47. The van der Waals surface area contributed by atoms with Crippen molar-refractivity contribution < 1.29 is 14.3 Å². The lowest BCUT2D eigenvalue weighted by Crippen LogP contribution is -2.37. The first-order valence-electron chi connectivity index (χ1n) is 8.27. The van der Waals surface area contributed by atoms with Crippen LogP contribution in [0.5, 0.6) is 5.88 Å². The number of amides is 1. The predicted molar refractivity (Wildman–Crippen MR) is 98.1 cm³/mol. The summed E-state index contributed by atoms with van der Waals surface area (Å²) in [6.45, 7) is 2.80. The molecule has 1 N–H and O–H groups in total. The first kappa shape index (κ1) is 17.9. The van der Waals surface area contributed by atoms with E-state index in [4.69, 9.17) is 9.47 Å². The number of rotatable bonds is 5. The maximum Gasteiger partial charge on any atom is 0.257 e. The summed E-state index contributed by atoms with van der Waals surface area (Å²) in [7, 11) is 5.27. The number of hydrogen-bond acceptors (Lipinski definition) is 8. The van der Waals surface area contributed by atoms with Crippen molar-refractivity contribution in [3.63, 3.8) is 0 Å². The Morgan fingerprint density at radius 1 is 1.23 bits per heavy atom. The molecule has 1 saturated heterocycles. The molecule has 3 heterocycles. The minimum absolute atomic E-state index is 0.286. The maximum absolute atomic E-state index is 12.5. The van der Waals surface area contributed by atoms with E-state index in [-0.39, 0.29) is 5.91 Å². The summed E-state index contributed by atoms with van der Waals surface area (Å²) in [5.41, 5.74) is 0.959. The Bertz CT molecular complexity index is 760. The molecular weight excluding hydrogens is 336 g/mol. The molecule has 1 amide bonds. The molecule has 2 aromatic heterocycles. The molecule has 9 heteroatoms. The second-order valence-electron chi connectivity index (χ2n) is 5.94. The van der Waals surface area contributed by atoms with Crippen molar-refractivity contribution in [1.29, 1.82) is 0 Å². The number of morpholine rings is 1. The molecule has 0 aliphatic carbocycles. The molecule has 1 aliphatic rings. The van der Waals surface area contributed by atoms with E-state index in [0.717, 1.165) is 13.1 Å². The van der Waals surface area contributed by atoms with Crippen LogP contribution in [-0.4, -0.2) is 68.4 Å². The first-order chi connectivity index (χ1) is 12.6. The van der Waals surface area contributed by atoms with Crippen molar-refractivity contribution >= 4 is 23.4 Å². The molecule has 0 bridgehead atoms. The predicted octanol–water partition coefficient (Wildman–Crippen LogP) is 1.04. The highest BCUT2D eigenvalue weighted by Gasteiger charge is 2.18. The molecule has 0 unspecified atom stereocenters. The smallest absolute Gasteiger partial charge is 0.257 e. The molecule has 2 aromatic rings. The SMILES string of the molecule is COc1ccc(C(=O)Nc2cnc(N3CCOCC3)nc2N(C)C)cn1. The van der Waals surface area contributed by atoms with Crippen molar-refractivity contribution in [3.05, 3.63) is 30.1 Å². The number of methoxy groups -OCH3 is 1. The summed E-state index contributed by atoms with van der Waals surface area (Å²) in [6, 6.07) is 3.29. The van der Waals surface area contributed by atoms with Crippen molar-refractivity contribution in [1.82, 2.24) is 15.0 Å². The number of ether oxygens (including phenoxy) is 2. The highest BCUT2D eigenvalue weighted by molar-refractivity contribution is 6.05. The van der Waals surface area contributed by atoms with Crippen molar-refractivity contribution in [2.24, 2.45) is 0 Å². The average Bonchev–Trinajstić information content (AvgIpc) is 2.68. The van der Waals surface area contributed by atoms with Crippen LogP contribution in [0.1, 0.15) is 10.4 Å². The molecule has 138 valence electrons. The lowest BCUT2D eigenvalue weighted by molar-refractivity contribution is 0.102. The van der Waals surface area contributed by atoms with Crippen LogP contribution >= 0.6 is 0 Å². The fourth-order valence-corrected chi connectivity index (χ4v) is 2.54. The second-order valence-corrected chi connectivity index (χ2v) is 5.94. The van der Waals surface area contributed by atoms with Gasteiger partial charge in [0.05, 0.1) is 32.1 Å². The van der Waals surface area contributed by atoms with Crippen LogP contribution in [0.2, 0.25) is 0 Å². The van der Waals surface area contributed by atoms with Gasteiger partial charge in [-0.2, -0.15) is 4.98 Å². The van der Waals surface area contributed by atoms with Crippen LogP contribution in [0, 0.1) is 0 Å². The van der Waals surface area contributed by atoms with Crippen LogP contribution in [-0.2, 0) is 4.74 Å². The van der Waals surface area contributed by atoms with Crippen molar-refractivity contribution in [2.45, 2.75) is 0 Å². The lowest BCUT2D eigenvalue weighted by atomic mass is 10.2. The Balaban J connectivity index is 1.80. The molecule has 0 saturated carbocycles. The molecule has 0 radical (unpaired) electrons. The number of nitrogens with zero attached hydrogens (tertiary/aromatic N) is 5. The fourth-order valence-electron chi connectivity index (χ4n) is 2.54. The van der Waals surface area contributed by atoms with Crippen LogP contribution in [0.3, 0.4) is 0 Å².